The second kappa shape index (κ2) is 15.7. The number of hydrazine groups is 1. The first-order valence-electron chi connectivity index (χ1n) is 13.8. The standard InChI is InChI=1S/C29H43N5O6/c1-20(35)15-34(16-21(2)36)17-22-7-6-8-23(13-22)28(38)31-27-10-9-25(14-26(27)29(39)32-30)40-19-24(37)18-33-11-4-3-5-12-33/h6-10,13-14,20-21,24,35-37H,3-5,11-12,15-19,30H2,1-2H3,(H,31,38)(H,32,39). The number of rotatable bonds is 14. The van der Waals surface area contributed by atoms with Crippen molar-refractivity contribution in [3.8, 4) is 5.75 Å². The van der Waals surface area contributed by atoms with Crippen LogP contribution in [-0.2, 0) is 6.54 Å². The molecule has 40 heavy (non-hydrogen) atoms. The van der Waals surface area contributed by atoms with Crippen molar-refractivity contribution in [3.63, 3.8) is 0 Å². The van der Waals surface area contributed by atoms with Crippen LogP contribution >= 0.6 is 0 Å². The van der Waals surface area contributed by atoms with Gasteiger partial charge in [-0.3, -0.25) is 19.9 Å². The van der Waals surface area contributed by atoms with Gasteiger partial charge in [0.25, 0.3) is 11.8 Å². The Bertz CT molecular complexity index is 1100. The molecule has 1 heterocycles. The number of hydrogen-bond acceptors (Lipinski definition) is 9. The second-order valence-electron chi connectivity index (χ2n) is 10.6. The van der Waals surface area contributed by atoms with Gasteiger partial charge in [-0.15, -0.1) is 0 Å². The number of ether oxygens (including phenoxy) is 1. The molecule has 3 unspecified atom stereocenters. The summed E-state index contributed by atoms with van der Waals surface area (Å²) in [5, 5.41) is 32.8. The lowest BCUT2D eigenvalue weighted by molar-refractivity contribution is 0.0617. The van der Waals surface area contributed by atoms with Gasteiger partial charge in [-0.2, -0.15) is 0 Å². The van der Waals surface area contributed by atoms with Crippen LogP contribution in [0.2, 0.25) is 0 Å². The van der Waals surface area contributed by atoms with Crippen molar-refractivity contribution in [1.29, 1.82) is 0 Å². The summed E-state index contributed by atoms with van der Waals surface area (Å²) in [6, 6.07) is 11.7. The van der Waals surface area contributed by atoms with Crippen LogP contribution < -0.4 is 21.3 Å². The molecule has 0 bridgehead atoms. The van der Waals surface area contributed by atoms with Crippen LogP contribution in [0.3, 0.4) is 0 Å². The maximum Gasteiger partial charge on any atom is 0.267 e. The van der Waals surface area contributed by atoms with E-state index in [1.807, 2.05) is 11.0 Å². The van der Waals surface area contributed by atoms with E-state index in [1.54, 1.807) is 44.2 Å². The number of benzene rings is 2. The zero-order valence-electron chi connectivity index (χ0n) is 23.4. The molecule has 3 atom stereocenters. The van der Waals surface area contributed by atoms with Gasteiger partial charge < -0.3 is 30.3 Å². The fourth-order valence-corrected chi connectivity index (χ4v) is 4.89. The van der Waals surface area contributed by atoms with Crippen molar-refractivity contribution >= 4 is 17.5 Å². The molecule has 11 heteroatoms. The molecule has 2 aromatic rings. The molecule has 0 saturated carbocycles. The van der Waals surface area contributed by atoms with Gasteiger partial charge in [0.05, 0.1) is 23.5 Å². The largest absolute Gasteiger partial charge is 0.491 e. The molecule has 2 aromatic carbocycles. The van der Waals surface area contributed by atoms with Crippen LogP contribution in [0.1, 0.15) is 59.4 Å². The Balaban J connectivity index is 1.67. The number of nitrogens with zero attached hydrogens (tertiary/aromatic N) is 2. The number of carbonyl (C=O) groups is 2. The third kappa shape index (κ3) is 10.2. The predicted molar refractivity (Wildman–Crippen MR) is 153 cm³/mol. The molecule has 220 valence electrons. The van der Waals surface area contributed by atoms with Gasteiger partial charge in [-0.25, -0.2) is 5.84 Å². The Labute approximate surface area is 235 Å². The lowest BCUT2D eigenvalue weighted by Crippen LogP contribution is -2.38. The lowest BCUT2D eigenvalue weighted by atomic mass is 10.1. The molecular formula is C29H43N5O6. The zero-order chi connectivity index (χ0) is 29.1. The summed E-state index contributed by atoms with van der Waals surface area (Å²) >= 11 is 0. The molecule has 3 rings (SSSR count). The number of nitrogens with two attached hydrogens (primary N) is 1. The number of hydrogen-bond donors (Lipinski definition) is 6. The van der Waals surface area contributed by atoms with Crippen molar-refractivity contribution in [2.45, 2.75) is 58.0 Å². The Morgan fingerprint density at radius 2 is 1.70 bits per heavy atom. The number of amides is 2. The maximum absolute atomic E-state index is 13.1. The first kappa shape index (κ1) is 31.5. The van der Waals surface area contributed by atoms with E-state index in [2.05, 4.69) is 15.6 Å². The highest BCUT2D eigenvalue weighted by molar-refractivity contribution is 6.09. The average molecular weight is 558 g/mol. The Morgan fingerprint density at radius 1 is 1.00 bits per heavy atom. The van der Waals surface area contributed by atoms with Gasteiger partial charge in [-0.05, 0) is 75.7 Å². The van der Waals surface area contributed by atoms with Gasteiger partial charge in [0.15, 0.2) is 0 Å². The zero-order valence-corrected chi connectivity index (χ0v) is 23.4. The Kier molecular flexibility index (Phi) is 12.3. The van der Waals surface area contributed by atoms with Crippen LogP contribution in [0.5, 0.6) is 5.75 Å². The summed E-state index contributed by atoms with van der Waals surface area (Å²) in [6.45, 7) is 7.09. The van der Waals surface area contributed by atoms with Crippen LogP contribution in [0.25, 0.3) is 0 Å². The summed E-state index contributed by atoms with van der Waals surface area (Å²) in [4.78, 5) is 29.8. The van der Waals surface area contributed by atoms with Crippen molar-refractivity contribution in [2.75, 3.05) is 44.6 Å². The monoisotopic (exact) mass is 557 g/mol. The molecule has 0 spiro atoms. The molecule has 1 fully saturated rings. The van der Waals surface area contributed by atoms with Gasteiger partial charge in [0.2, 0.25) is 0 Å². The molecule has 0 aliphatic carbocycles. The topological polar surface area (TPSA) is 161 Å². The molecule has 0 radical (unpaired) electrons. The quantitative estimate of drug-likeness (QED) is 0.114. The Morgan fingerprint density at radius 3 is 2.35 bits per heavy atom. The van der Waals surface area contributed by atoms with E-state index in [-0.39, 0.29) is 17.9 Å². The van der Waals surface area contributed by atoms with Gasteiger partial charge in [-0.1, -0.05) is 18.6 Å². The normalized spacial score (nSPS) is 16.3. The Hall–Kier alpha value is -3.06. The fourth-order valence-electron chi connectivity index (χ4n) is 4.89. The van der Waals surface area contributed by atoms with Crippen molar-refractivity contribution < 1.29 is 29.6 Å². The van der Waals surface area contributed by atoms with Crippen LogP contribution in [0.15, 0.2) is 42.5 Å². The van der Waals surface area contributed by atoms with E-state index in [9.17, 15) is 24.9 Å². The van der Waals surface area contributed by atoms with E-state index in [0.29, 0.717) is 37.5 Å². The highest BCUT2D eigenvalue weighted by atomic mass is 16.5. The number of β-amino-alcohol motifs (C(OH)–C–C–N with tert-alkyl or cyclic N) is 1. The minimum Gasteiger partial charge on any atom is -0.491 e. The summed E-state index contributed by atoms with van der Waals surface area (Å²) < 4.78 is 5.75. The first-order valence-corrected chi connectivity index (χ1v) is 13.8. The van der Waals surface area contributed by atoms with Crippen molar-refractivity contribution in [2.24, 2.45) is 5.84 Å². The molecule has 11 nitrogen and oxygen atoms in total. The second-order valence-corrected chi connectivity index (χ2v) is 10.6. The number of likely N-dealkylation sites (tertiary alicyclic amines) is 1. The van der Waals surface area contributed by atoms with Gasteiger partial charge >= 0.3 is 0 Å². The van der Waals surface area contributed by atoms with Gasteiger partial charge in [0.1, 0.15) is 18.5 Å². The molecule has 0 aromatic heterocycles. The molecule has 2 amide bonds. The third-order valence-electron chi connectivity index (χ3n) is 6.62. The van der Waals surface area contributed by atoms with E-state index in [4.69, 9.17) is 10.6 Å². The number of aliphatic hydroxyl groups excluding tert-OH is 3. The minimum absolute atomic E-state index is 0.0693. The summed E-state index contributed by atoms with van der Waals surface area (Å²) in [5.41, 5.74) is 3.68. The smallest absolute Gasteiger partial charge is 0.267 e. The average Bonchev–Trinajstić information content (AvgIpc) is 2.92. The number of nitrogen functional groups attached to an aromatic ring is 1. The molecule has 1 aliphatic heterocycles. The summed E-state index contributed by atoms with van der Waals surface area (Å²) in [6.07, 6.45) is 1.67. The van der Waals surface area contributed by atoms with Crippen molar-refractivity contribution in [1.82, 2.24) is 15.2 Å². The van der Waals surface area contributed by atoms with E-state index in [1.165, 1.54) is 12.5 Å². The third-order valence-corrected chi connectivity index (χ3v) is 6.62. The molecule has 1 aliphatic rings. The molecule has 1 saturated heterocycles. The van der Waals surface area contributed by atoms with E-state index in [0.717, 1.165) is 31.5 Å². The highest BCUT2D eigenvalue weighted by Crippen LogP contribution is 2.24. The minimum atomic E-state index is -0.673. The number of anilines is 1. The van der Waals surface area contributed by atoms with Crippen molar-refractivity contribution in [3.05, 3.63) is 59.2 Å². The molecule has 7 N–H and O–H groups in total. The first-order chi connectivity index (χ1) is 19.1. The van der Waals surface area contributed by atoms with E-state index >= 15 is 0 Å². The number of aliphatic hydroxyl groups is 3. The summed E-state index contributed by atoms with van der Waals surface area (Å²) in [7, 11) is 0. The van der Waals surface area contributed by atoms with Crippen LogP contribution in [0.4, 0.5) is 5.69 Å². The predicted octanol–water partition coefficient (Wildman–Crippen LogP) is 1.33. The molecular weight excluding hydrogens is 514 g/mol. The summed E-state index contributed by atoms with van der Waals surface area (Å²) in [5.74, 6) is 4.73. The highest BCUT2D eigenvalue weighted by Gasteiger charge is 2.19. The SMILES string of the molecule is CC(O)CN(Cc1cccc(C(=O)Nc2ccc(OCC(O)CN3CCCCC3)cc2C(=O)NN)c1)CC(C)O. The maximum atomic E-state index is 13.1. The van der Waals surface area contributed by atoms with Crippen LogP contribution in [0, 0.1) is 0 Å². The van der Waals surface area contributed by atoms with Gasteiger partial charge in [0, 0.05) is 31.7 Å². The fraction of sp³-hybridized carbons (Fsp3) is 0.517. The van der Waals surface area contributed by atoms with Crippen LogP contribution in [-0.4, -0.2) is 94.6 Å². The number of carbonyl (C=O) groups excluding carboxylic acids is 2. The lowest BCUT2D eigenvalue weighted by Gasteiger charge is -2.28. The van der Waals surface area contributed by atoms with E-state index < -0.39 is 30.1 Å². The number of piperidine rings is 1. The number of nitrogens with one attached hydrogen (secondary N) is 2.